The van der Waals surface area contributed by atoms with Gasteiger partial charge in [-0.3, -0.25) is 4.79 Å². The monoisotopic (exact) mass is 435 g/mol. The van der Waals surface area contributed by atoms with Crippen molar-refractivity contribution in [3.63, 3.8) is 0 Å². The first-order valence-corrected chi connectivity index (χ1v) is 11.1. The lowest BCUT2D eigenvalue weighted by Crippen LogP contribution is -2.48. The highest BCUT2D eigenvalue weighted by Crippen LogP contribution is 2.26. The van der Waals surface area contributed by atoms with Gasteiger partial charge in [-0.2, -0.15) is 4.98 Å². The molecule has 0 bridgehead atoms. The zero-order valence-electron chi connectivity index (χ0n) is 19.1. The van der Waals surface area contributed by atoms with E-state index >= 15 is 0 Å². The summed E-state index contributed by atoms with van der Waals surface area (Å²) < 4.78 is 11.6. The minimum Gasteiger partial charge on any atom is -0.437 e. The molecule has 32 heavy (non-hydrogen) atoms. The van der Waals surface area contributed by atoms with Crippen molar-refractivity contribution in [2.45, 2.75) is 40.5 Å². The average molecular weight is 436 g/mol. The minimum atomic E-state index is -0.0129. The zero-order chi connectivity index (χ0) is 22.7. The van der Waals surface area contributed by atoms with Crippen molar-refractivity contribution in [3.05, 3.63) is 41.5 Å². The van der Waals surface area contributed by atoms with Gasteiger partial charge in [-0.25, -0.2) is 9.98 Å². The number of oxazole rings is 2. The number of aromatic nitrogens is 2. The Morgan fingerprint density at radius 3 is 2.66 bits per heavy atom. The van der Waals surface area contributed by atoms with E-state index in [1.54, 1.807) is 6.07 Å². The van der Waals surface area contributed by atoms with Crippen molar-refractivity contribution in [2.75, 3.05) is 31.1 Å². The van der Waals surface area contributed by atoms with E-state index in [1.807, 2.05) is 43.0 Å². The second kappa shape index (κ2) is 9.38. The van der Waals surface area contributed by atoms with Crippen molar-refractivity contribution >= 4 is 40.6 Å². The Morgan fingerprint density at radius 1 is 1.16 bits per heavy atom. The molecule has 0 aliphatic carbocycles. The number of nitrogens with zero attached hydrogens (tertiary/aromatic N) is 5. The van der Waals surface area contributed by atoms with Gasteiger partial charge in [-0.15, -0.1) is 0 Å². The minimum absolute atomic E-state index is 0.0129. The number of aliphatic imine (C=N–C) groups is 1. The van der Waals surface area contributed by atoms with Gasteiger partial charge in [-0.1, -0.05) is 19.9 Å². The third-order valence-corrected chi connectivity index (χ3v) is 5.55. The van der Waals surface area contributed by atoms with Gasteiger partial charge in [0, 0.05) is 37.5 Å². The molecule has 0 atom stereocenters. The molecular formula is C24H29N5O3. The molecule has 3 aromatic rings. The molecule has 1 amide bonds. The Hall–Kier alpha value is -3.42. The molecule has 0 spiro atoms. The molecule has 8 heteroatoms. The molecule has 0 N–H and O–H groups in total. The molecule has 1 saturated heterocycles. The number of carbonyl (C=O) groups excluding carboxylic acids is 1. The standard InChI is InChI=1S/C24H29N5O3/c1-5-7-8-21-26-19-10-9-18(15-20(19)32-21)23(30)28-11-13-29(14-12-28)24-27-22(17(4)31-24)25-16(3)6-2/h7-10,15H,5-6,11-14H2,1-4H3/b8-7+,25-16-. The van der Waals surface area contributed by atoms with Crippen LogP contribution in [0.15, 0.2) is 38.1 Å². The van der Waals surface area contributed by atoms with Gasteiger partial charge in [0.2, 0.25) is 5.89 Å². The zero-order valence-corrected chi connectivity index (χ0v) is 19.1. The number of fused-ring (bicyclic) bond motifs is 1. The maximum Gasteiger partial charge on any atom is 0.299 e. The topological polar surface area (TPSA) is 88.0 Å². The molecular weight excluding hydrogens is 406 g/mol. The van der Waals surface area contributed by atoms with Crippen molar-refractivity contribution in [2.24, 2.45) is 4.99 Å². The largest absolute Gasteiger partial charge is 0.437 e. The molecule has 0 radical (unpaired) electrons. The average Bonchev–Trinajstić information content (AvgIpc) is 3.39. The van der Waals surface area contributed by atoms with Gasteiger partial charge < -0.3 is 18.6 Å². The van der Waals surface area contributed by atoms with E-state index in [2.05, 4.69) is 33.7 Å². The highest BCUT2D eigenvalue weighted by molar-refractivity contribution is 5.97. The van der Waals surface area contributed by atoms with Gasteiger partial charge in [-0.05, 0) is 51.0 Å². The van der Waals surface area contributed by atoms with E-state index < -0.39 is 0 Å². The number of benzene rings is 1. The lowest BCUT2D eigenvalue weighted by atomic mass is 10.1. The summed E-state index contributed by atoms with van der Waals surface area (Å²) in [4.78, 5) is 30.5. The highest BCUT2D eigenvalue weighted by Gasteiger charge is 2.25. The molecule has 1 aliphatic heterocycles. The van der Waals surface area contributed by atoms with Gasteiger partial charge in [0.25, 0.3) is 11.9 Å². The smallest absolute Gasteiger partial charge is 0.299 e. The Balaban J connectivity index is 1.42. The van der Waals surface area contributed by atoms with Crippen LogP contribution in [0.5, 0.6) is 0 Å². The summed E-state index contributed by atoms with van der Waals surface area (Å²) >= 11 is 0. The summed E-state index contributed by atoms with van der Waals surface area (Å²) in [6.07, 6.45) is 5.63. The van der Waals surface area contributed by atoms with Crippen LogP contribution in [-0.4, -0.2) is 52.7 Å². The van der Waals surface area contributed by atoms with Crippen LogP contribution in [0, 0.1) is 6.92 Å². The summed E-state index contributed by atoms with van der Waals surface area (Å²) in [5.74, 6) is 1.88. The fourth-order valence-corrected chi connectivity index (χ4v) is 3.52. The summed E-state index contributed by atoms with van der Waals surface area (Å²) in [5, 5.41) is 0. The molecule has 8 nitrogen and oxygen atoms in total. The first-order valence-electron chi connectivity index (χ1n) is 11.1. The van der Waals surface area contributed by atoms with Gasteiger partial charge in [0.05, 0.1) is 0 Å². The van der Waals surface area contributed by atoms with E-state index in [4.69, 9.17) is 8.83 Å². The van der Waals surface area contributed by atoms with Gasteiger partial charge >= 0.3 is 0 Å². The summed E-state index contributed by atoms with van der Waals surface area (Å²) in [7, 11) is 0. The number of amides is 1. The third kappa shape index (κ3) is 4.59. The fourth-order valence-electron chi connectivity index (χ4n) is 3.52. The van der Waals surface area contributed by atoms with Crippen LogP contribution >= 0.6 is 0 Å². The predicted octanol–water partition coefficient (Wildman–Crippen LogP) is 5.01. The molecule has 1 fully saturated rings. The van der Waals surface area contributed by atoms with E-state index in [0.29, 0.717) is 60.8 Å². The molecule has 1 aliphatic rings. The lowest BCUT2D eigenvalue weighted by Gasteiger charge is -2.33. The lowest BCUT2D eigenvalue weighted by molar-refractivity contribution is 0.0745. The quantitative estimate of drug-likeness (QED) is 0.506. The normalized spacial score (nSPS) is 15.3. The van der Waals surface area contributed by atoms with Crippen LogP contribution in [0.1, 0.15) is 55.6 Å². The molecule has 1 aromatic carbocycles. The van der Waals surface area contributed by atoms with Crippen LogP contribution in [0.25, 0.3) is 17.2 Å². The van der Waals surface area contributed by atoms with Crippen LogP contribution in [-0.2, 0) is 0 Å². The first-order chi connectivity index (χ1) is 15.5. The Kier molecular flexibility index (Phi) is 6.39. The second-order valence-electron chi connectivity index (χ2n) is 7.90. The molecule has 168 valence electrons. The number of allylic oxidation sites excluding steroid dienone is 1. The molecule has 4 rings (SSSR count). The van der Waals surface area contributed by atoms with Gasteiger partial charge in [0.15, 0.2) is 11.4 Å². The number of anilines is 1. The number of aryl methyl sites for hydroxylation is 1. The number of hydrogen-bond acceptors (Lipinski definition) is 7. The first kappa shape index (κ1) is 21.8. The van der Waals surface area contributed by atoms with E-state index in [0.717, 1.165) is 24.1 Å². The fraction of sp³-hybridized carbons (Fsp3) is 0.417. The van der Waals surface area contributed by atoms with Crippen LogP contribution < -0.4 is 4.90 Å². The Labute approximate surface area is 187 Å². The number of hydrogen-bond donors (Lipinski definition) is 0. The Morgan fingerprint density at radius 2 is 1.94 bits per heavy atom. The van der Waals surface area contributed by atoms with Crippen LogP contribution in [0.4, 0.5) is 11.8 Å². The molecule has 3 heterocycles. The highest BCUT2D eigenvalue weighted by atomic mass is 16.4. The number of rotatable bonds is 6. The van der Waals surface area contributed by atoms with E-state index in [1.165, 1.54) is 0 Å². The summed E-state index contributed by atoms with van der Waals surface area (Å²) in [6.45, 7) is 10.5. The summed E-state index contributed by atoms with van der Waals surface area (Å²) in [5.41, 5.74) is 2.99. The number of carbonyl (C=O) groups is 1. The van der Waals surface area contributed by atoms with E-state index in [9.17, 15) is 4.79 Å². The summed E-state index contributed by atoms with van der Waals surface area (Å²) in [6, 6.07) is 5.98. The maximum absolute atomic E-state index is 13.1. The van der Waals surface area contributed by atoms with E-state index in [-0.39, 0.29) is 5.91 Å². The molecule has 2 aromatic heterocycles. The molecule has 0 unspecified atom stereocenters. The van der Waals surface area contributed by atoms with Crippen molar-refractivity contribution < 1.29 is 13.6 Å². The second-order valence-corrected chi connectivity index (χ2v) is 7.90. The van der Waals surface area contributed by atoms with Crippen molar-refractivity contribution in [1.82, 2.24) is 14.9 Å². The van der Waals surface area contributed by atoms with Crippen LogP contribution in [0.3, 0.4) is 0 Å². The Bertz CT molecular complexity index is 1170. The maximum atomic E-state index is 13.1. The molecule has 0 saturated carbocycles. The van der Waals surface area contributed by atoms with Crippen molar-refractivity contribution in [1.29, 1.82) is 0 Å². The SMILES string of the molecule is CC/C=C/c1nc2ccc(C(=O)N3CCN(c4nc(/N=C(/C)CC)c(C)o4)CC3)cc2o1. The third-order valence-electron chi connectivity index (χ3n) is 5.55. The predicted molar refractivity (Wildman–Crippen MR) is 126 cm³/mol. The van der Waals surface area contributed by atoms with Crippen molar-refractivity contribution in [3.8, 4) is 0 Å². The van der Waals surface area contributed by atoms with Crippen LogP contribution in [0.2, 0.25) is 0 Å². The van der Waals surface area contributed by atoms with Gasteiger partial charge in [0.1, 0.15) is 11.3 Å². The number of piperazine rings is 1.